The molecular weight excluding hydrogens is 316 g/mol. The lowest BCUT2D eigenvalue weighted by molar-refractivity contribution is 0.161. The van der Waals surface area contributed by atoms with Crippen LogP contribution in [-0.2, 0) is 11.2 Å². The zero-order valence-corrected chi connectivity index (χ0v) is 14.0. The highest BCUT2D eigenvalue weighted by atomic mass is 79.9. The van der Waals surface area contributed by atoms with Crippen LogP contribution in [0.3, 0.4) is 0 Å². The second kappa shape index (κ2) is 7.43. The van der Waals surface area contributed by atoms with Gasteiger partial charge in [0, 0.05) is 36.6 Å². The summed E-state index contributed by atoms with van der Waals surface area (Å²) in [6, 6.07) is 6.90. The molecule has 20 heavy (non-hydrogen) atoms. The van der Waals surface area contributed by atoms with Crippen molar-refractivity contribution < 1.29 is 4.74 Å². The molecule has 0 saturated carbocycles. The number of methoxy groups -OCH3 is 1. The average molecular weight is 341 g/mol. The zero-order chi connectivity index (χ0) is 14.5. The molecule has 112 valence electrons. The van der Waals surface area contributed by atoms with Gasteiger partial charge in [-0.1, -0.05) is 13.0 Å². The van der Waals surface area contributed by atoms with Crippen molar-refractivity contribution in [3.63, 3.8) is 0 Å². The van der Waals surface area contributed by atoms with E-state index in [1.54, 1.807) is 7.11 Å². The lowest BCUT2D eigenvalue weighted by atomic mass is 10.0. The molecule has 1 heterocycles. The van der Waals surface area contributed by atoms with Crippen LogP contribution in [0.25, 0.3) is 0 Å². The Morgan fingerprint density at radius 1 is 1.50 bits per heavy atom. The number of halogens is 1. The molecule has 0 spiro atoms. The van der Waals surface area contributed by atoms with E-state index in [-0.39, 0.29) is 6.04 Å². The first-order valence-electron chi connectivity index (χ1n) is 7.42. The summed E-state index contributed by atoms with van der Waals surface area (Å²) in [6.07, 6.45) is 3.18. The minimum absolute atomic E-state index is 0.255. The number of anilines is 1. The molecule has 2 atom stereocenters. The monoisotopic (exact) mass is 340 g/mol. The number of ether oxygens (including phenoxy) is 1. The highest BCUT2D eigenvalue weighted by molar-refractivity contribution is 9.10. The van der Waals surface area contributed by atoms with Crippen LogP contribution in [0.1, 0.15) is 25.3 Å². The van der Waals surface area contributed by atoms with Gasteiger partial charge in [0.15, 0.2) is 0 Å². The van der Waals surface area contributed by atoms with Crippen molar-refractivity contribution in [2.75, 3.05) is 31.7 Å². The van der Waals surface area contributed by atoms with Gasteiger partial charge in [0.1, 0.15) is 0 Å². The molecule has 2 rings (SSSR count). The Kier molecular flexibility index (Phi) is 5.87. The predicted octanol–water partition coefficient (Wildman–Crippen LogP) is 3.20. The fourth-order valence-corrected chi connectivity index (χ4v) is 3.48. The third-order valence-electron chi connectivity index (χ3n) is 4.06. The molecule has 4 heteroatoms. The van der Waals surface area contributed by atoms with Crippen molar-refractivity contribution in [1.29, 1.82) is 0 Å². The van der Waals surface area contributed by atoms with Gasteiger partial charge >= 0.3 is 0 Å². The number of hydrogen-bond donors (Lipinski definition) is 1. The third-order valence-corrected chi connectivity index (χ3v) is 4.70. The molecule has 1 fully saturated rings. The quantitative estimate of drug-likeness (QED) is 0.864. The molecule has 2 unspecified atom stereocenters. The fraction of sp³-hybridized carbons (Fsp3) is 0.625. The fourth-order valence-electron chi connectivity index (χ4n) is 2.80. The standard InChI is InChI=1S/C16H25BrN2O/c1-3-14(18)8-12-4-5-16(15(17)9-12)19-7-6-13(10-19)11-20-2/h4-5,9,13-14H,3,6-8,10-11,18H2,1-2H3. The normalized spacial score (nSPS) is 20.4. The van der Waals surface area contributed by atoms with Gasteiger partial charge in [0.05, 0.1) is 12.3 Å². The molecule has 1 saturated heterocycles. The Bertz CT molecular complexity index is 438. The van der Waals surface area contributed by atoms with Crippen LogP contribution in [0.15, 0.2) is 22.7 Å². The van der Waals surface area contributed by atoms with Crippen molar-refractivity contribution in [2.24, 2.45) is 11.7 Å². The number of nitrogens with two attached hydrogens (primary N) is 1. The van der Waals surface area contributed by atoms with Gasteiger partial charge in [-0.05, 0) is 52.9 Å². The van der Waals surface area contributed by atoms with Gasteiger partial charge in [-0.3, -0.25) is 0 Å². The van der Waals surface area contributed by atoms with E-state index < -0.39 is 0 Å². The molecule has 2 N–H and O–H groups in total. The van der Waals surface area contributed by atoms with Crippen molar-refractivity contribution in [3.8, 4) is 0 Å². The molecule has 3 nitrogen and oxygen atoms in total. The van der Waals surface area contributed by atoms with Crippen molar-refractivity contribution in [2.45, 2.75) is 32.2 Å². The minimum Gasteiger partial charge on any atom is -0.384 e. The first kappa shape index (κ1) is 15.8. The maximum absolute atomic E-state index is 6.03. The highest BCUT2D eigenvalue weighted by Gasteiger charge is 2.23. The van der Waals surface area contributed by atoms with Crippen LogP contribution in [0.4, 0.5) is 5.69 Å². The lowest BCUT2D eigenvalue weighted by Crippen LogP contribution is -2.22. The summed E-state index contributed by atoms with van der Waals surface area (Å²) >= 11 is 3.71. The SMILES string of the molecule is CCC(N)Cc1ccc(N2CCC(COC)C2)c(Br)c1. The third kappa shape index (κ3) is 3.96. The zero-order valence-electron chi connectivity index (χ0n) is 12.4. The molecule has 0 aliphatic carbocycles. The van der Waals surface area contributed by atoms with Gasteiger partial charge in [-0.2, -0.15) is 0 Å². The van der Waals surface area contributed by atoms with Crippen LogP contribution >= 0.6 is 15.9 Å². The van der Waals surface area contributed by atoms with Gasteiger partial charge in [0.2, 0.25) is 0 Å². The second-order valence-electron chi connectivity index (χ2n) is 5.71. The van der Waals surface area contributed by atoms with Gasteiger partial charge in [0.25, 0.3) is 0 Å². The van der Waals surface area contributed by atoms with E-state index in [0.717, 1.165) is 32.5 Å². The summed E-state index contributed by atoms with van der Waals surface area (Å²) in [7, 11) is 1.78. The molecule has 0 bridgehead atoms. The Labute approximate surface area is 130 Å². The molecule has 0 radical (unpaired) electrons. The molecular formula is C16H25BrN2O. The van der Waals surface area contributed by atoms with E-state index in [0.29, 0.717) is 5.92 Å². The van der Waals surface area contributed by atoms with E-state index in [4.69, 9.17) is 10.5 Å². The maximum Gasteiger partial charge on any atom is 0.0510 e. The highest BCUT2D eigenvalue weighted by Crippen LogP contribution is 2.31. The van der Waals surface area contributed by atoms with E-state index in [1.165, 1.54) is 22.1 Å². The topological polar surface area (TPSA) is 38.5 Å². The number of benzene rings is 1. The summed E-state index contributed by atoms with van der Waals surface area (Å²) in [6.45, 7) is 5.19. The van der Waals surface area contributed by atoms with Crippen LogP contribution in [-0.4, -0.2) is 32.8 Å². The Hall–Kier alpha value is -0.580. The molecule has 1 aliphatic rings. The van der Waals surface area contributed by atoms with Crippen molar-refractivity contribution >= 4 is 21.6 Å². The lowest BCUT2D eigenvalue weighted by Gasteiger charge is -2.21. The van der Waals surface area contributed by atoms with Gasteiger partial charge in [-0.25, -0.2) is 0 Å². The molecule has 1 aliphatic heterocycles. The molecule has 0 amide bonds. The maximum atomic E-state index is 6.03. The van der Waals surface area contributed by atoms with Crippen molar-refractivity contribution in [1.82, 2.24) is 0 Å². The Morgan fingerprint density at radius 2 is 2.30 bits per heavy atom. The van der Waals surface area contributed by atoms with Gasteiger partial charge in [-0.15, -0.1) is 0 Å². The Morgan fingerprint density at radius 3 is 2.95 bits per heavy atom. The first-order chi connectivity index (χ1) is 9.63. The summed E-state index contributed by atoms with van der Waals surface area (Å²) in [5.74, 6) is 0.653. The Balaban J connectivity index is 2.03. The van der Waals surface area contributed by atoms with E-state index in [2.05, 4.69) is 46.0 Å². The van der Waals surface area contributed by atoms with E-state index >= 15 is 0 Å². The second-order valence-corrected chi connectivity index (χ2v) is 6.57. The largest absolute Gasteiger partial charge is 0.384 e. The van der Waals surface area contributed by atoms with E-state index in [1.807, 2.05) is 0 Å². The minimum atomic E-state index is 0.255. The van der Waals surface area contributed by atoms with Crippen molar-refractivity contribution in [3.05, 3.63) is 28.2 Å². The first-order valence-corrected chi connectivity index (χ1v) is 8.21. The summed E-state index contributed by atoms with van der Waals surface area (Å²) in [4.78, 5) is 2.44. The smallest absolute Gasteiger partial charge is 0.0510 e. The van der Waals surface area contributed by atoms with Crippen LogP contribution < -0.4 is 10.6 Å². The summed E-state index contributed by atoms with van der Waals surface area (Å²) in [5.41, 5.74) is 8.62. The van der Waals surface area contributed by atoms with Crippen LogP contribution in [0.2, 0.25) is 0 Å². The van der Waals surface area contributed by atoms with Gasteiger partial charge < -0.3 is 15.4 Å². The van der Waals surface area contributed by atoms with Crippen LogP contribution in [0.5, 0.6) is 0 Å². The number of nitrogens with zero attached hydrogens (tertiary/aromatic N) is 1. The number of hydrogen-bond acceptors (Lipinski definition) is 3. The summed E-state index contributed by atoms with van der Waals surface area (Å²) < 4.78 is 6.44. The summed E-state index contributed by atoms with van der Waals surface area (Å²) in [5, 5.41) is 0. The molecule has 1 aromatic carbocycles. The van der Waals surface area contributed by atoms with Crippen LogP contribution in [0, 0.1) is 5.92 Å². The predicted molar refractivity (Wildman–Crippen MR) is 88.3 cm³/mol. The van der Waals surface area contributed by atoms with E-state index in [9.17, 15) is 0 Å². The molecule has 0 aromatic heterocycles. The molecule has 1 aromatic rings. The average Bonchev–Trinajstić information content (AvgIpc) is 2.87. The number of rotatable bonds is 6.